The van der Waals surface area contributed by atoms with Crippen molar-refractivity contribution in [1.82, 2.24) is 5.32 Å². The van der Waals surface area contributed by atoms with Crippen molar-refractivity contribution in [2.75, 3.05) is 13.2 Å². The molecule has 0 heterocycles. The standard InChI is InChI=1S/C3H6Cl3NO.H2O/c4-3(5,6)7-1-2-8;/h7-8H,1-2H2;1H2. The highest BCUT2D eigenvalue weighted by Crippen LogP contribution is 2.20. The molecule has 0 rings (SSSR count). The van der Waals surface area contributed by atoms with Gasteiger partial charge in [0.05, 0.1) is 6.61 Å². The lowest BCUT2D eigenvalue weighted by molar-refractivity contribution is 0.292. The van der Waals surface area contributed by atoms with Gasteiger partial charge in [0.1, 0.15) is 0 Å². The summed E-state index contributed by atoms with van der Waals surface area (Å²) in [6.45, 7) is 0.254. The maximum absolute atomic E-state index is 8.19. The van der Waals surface area contributed by atoms with Gasteiger partial charge in [-0.25, -0.2) is 0 Å². The molecule has 4 N–H and O–H groups in total. The van der Waals surface area contributed by atoms with Gasteiger partial charge >= 0.3 is 0 Å². The SMILES string of the molecule is O.OCCNC(Cl)(Cl)Cl. The Morgan fingerprint density at radius 3 is 1.89 bits per heavy atom. The number of halogens is 3. The summed E-state index contributed by atoms with van der Waals surface area (Å²) in [5.41, 5.74) is 0. The second-order valence-corrected chi connectivity index (χ2v) is 3.43. The average molecular weight is 196 g/mol. The molecule has 0 aromatic carbocycles. The van der Waals surface area contributed by atoms with Gasteiger partial charge in [0.15, 0.2) is 0 Å². The minimum absolute atomic E-state index is 0. The van der Waals surface area contributed by atoms with Crippen molar-refractivity contribution in [3.63, 3.8) is 0 Å². The van der Waals surface area contributed by atoms with Gasteiger partial charge in [-0.05, 0) is 0 Å². The summed E-state index contributed by atoms with van der Waals surface area (Å²) in [5.74, 6) is 0. The number of hydrogen-bond donors (Lipinski definition) is 2. The Morgan fingerprint density at radius 2 is 1.78 bits per heavy atom. The van der Waals surface area contributed by atoms with Crippen molar-refractivity contribution in [3.05, 3.63) is 0 Å². The van der Waals surface area contributed by atoms with Gasteiger partial charge in [0.2, 0.25) is 3.92 Å². The molecule has 0 saturated heterocycles. The van der Waals surface area contributed by atoms with Crippen LogP contribution >= 0.6 is 34.8 Å². The van der Waals surface area contributed by atoms with Crippen molar-refractivity contribution >= 4 is 34.8 Å². The molecule has 0 spiro atoms. The van der Waals surface area contributed by atoms with Crippen LogP contribution in [0, 0.1) is 0 Å². The van der Waals surface area contributed by atoms with Crippen LogP contribution in [0.5, 0.6) is 0 Å². The molecule has 0 saturated carbocycles. The van der Waals surface area contributed by atoms with Crippen LogP contribution < -0.4 is 5.32 Å². The highest BCUT2D eigenvalue weighted by Gasteiger charge is 2.16. The van der Waals surface area contributed by atoms with Crippen molar-refractivity contribution in [2.45, 2.75) is 3.92 Å². The Morgan fingerprint density at radius 1 is 1.33 bits per heavy atom. The fraction of sp³-hybridized carbons (Fsp3) is 1.00. The zero-order valence-electron chi connectivity index (χ0n) is 4.50. The Hall–Kier alpha value is 0.750. The van der Waals surface area contributed by atoms with Crippen LogP contribution in [0.2, 0.25) is 0 Å². The molecule has 0 atom stereocenters. The highest BCUT2D eigenvalue weighted by atomic mass is 35.6. The van der Waals surface area contributed by atoms with Crippen molar-refractivity contribution in [1.29, 1.82) is 0 Å². The molecule has 0 aliphatic rings. The minimum atomic E-state index is -1.44. The summed E-state index contributed by atoms with van der Waals surface area (Å²) in [6.07, 6.45) is 0. The number of hydrogen-bond acceptors (Lipinski definition) is 2. The number of aliphatic hydroxyl groups excluding tert-OH is 1. The smallest absolute Gasteiger partial charge is 0.245 e. The number of nitrogens with one attached hydrogen (secondary N) is 1. The predicted molar refractivity (Wildman–Crippen MR) is 39.0 cm³/mol. The van der Waals surface area contributed by atoms with Crippen LogP contribution in [0.15, 0.2) is 0 Å². The number of aliphatic hydroxyl groups is 1. The summed E-state index contributed by atoms with van der Waals surface area (Å²) < 4.78 is -1.44. The van der Waals surface area contributed by atoms with Gasteiger partial charge in [-0.1, -0.05) is 34.8 Å². The van der Waals surface area contributed by atoms with Crippen LogP contribution in [-0.2, 0) is 0 Å². The lowest BCUT2D eigenvalue weighted by Gasteiger charge is -2.10. The third kappa shape index (κ3) is 12.1. The summed E-state index contributed by atoms with van der Waals surface area (Å²) in [7, 11) is 0. The van der Waals surface area contributed by atoms with E-state index < -0.39 is 3.92 Å². The molecule has 0 aromatic heterocycles. The quantitative estimate of drug-likeness (QED) is 0.485. The van der Waals surface area contributed by atoms with E-state index in [2.05, 4.69) is 5.32 Å². The molecule has 0 amide bonds. The van der Waals surface area contributed by atoms with Gasteiger partial charge in [-0.15, -0.1) is 0 Å². The first kappa shape index (κ1) is 12.4. The largest absolute Gasteiger partial charge is 0.412 e. The second kappa shape index (κ2) is 5.53. The fourth-order valence-corrected chi connectivity index (χ4v) is 0.481. The van der Waals surface area contributed by atoms with Gasteiger partial charge in [-0.3, -0.25) is 5.32 Å². The first-order chi connectivity index (χ1) is 3.56. The van der Waals surface area contributed by atoms with Crippen LogP contribution in [-0.4, -0.2) is 27.7 Å². The van der Waals surface area contributed by atoms with Crippen LogP contribution in [0.1, 0.15) is 0 Å². The number of alkyl halides is 3. The van der Waals surface area contributed by atoms with Gasteiger partial charge in [0.25, 0.3) is 0 Å². The van der Waals surface area contributed by atoms with E-state index in [-0.39, 0.29) is 18.6 Å². The van der Waals surface area contributed by atoms with Gasteiger partial charge < -0.3 is 10.6 Å². The summed E-state index contributed by atoms with van der Waals surface area (Å²) in [5, 5.41) is 10.6. The van der Waals surface area contributed by atoms with Crippen molar-refractivity contribution < 1.29 is 10.6 Å². The predicted octanol–water partition coefficient (Wildman–Crippen LogP) is 0.0713. The molecule has 0 aliphatic carbocycles. The summed E-state index contributed by atoms with van der Waals surface area (Å²) in [4.78, 5) is 0. The third-order valence-corrected chi connectivity index (χ3v) is 0.838. The normalized spacial score (nSPS) is 10.7. The molecule has 0 unspecified atom stereocenters. The second-order valence-electron chi connectivity index (χ2n) is 1.15. The van der Waals surface area contributed by atoms with Crippen LogP contribution in [0.4, 0.5) is 0 Å². The molecular weight excluding hydrogens is 188 g/mol. The Bertz CT molecular complexity index is 64.6. The third-order valence-electron chi connectivity index (χ3n) is 0.437. The maximum atomic E-state index is 8.19. The zero-order chi connectivity index (χ0) is 6.62. The highest BCUT2D eigenvalue weighted by molar-refractivity contribution is 6.67. The maximum Gasteiger partial charge on any atom is 0.245 e. The Kier molecular flexibility index (Phi) is 7.63. The van der Waals surface area contributed by atoms with E-state index in [1.54, 1.807) is 0 Å². The van der Waals surface area contributed by atoms with Gasteiger partial charge in [0, 0.05) is 6.54 Å². The van der Waals surface area contributed by atoms with Crippen LogP contribution in [0.3, 0.4) is 0 Å². The molecule has 3 nitrogen and oxygen atoms in total. The van der Waals surface area contributed by atoms with E-state index in [1.807, 2.05) is 0 Å². The van der Waals surface area contributed by atoms with Gasteiger partial charge in [-0.2, -0.15) is 0 Å². The first-order valence-electron chi connectivity index (χ1n) is 1.99. The van der Waals surface area contributed by atoms with Crippen molar-refractivity contribution in [2.24, 2.45) is 0 Å². The number of rotatable bonds is 2. The van der Waals surface area contributed by atoms with Crippen LogP contribution in [0.25, 0.3) is 0 Å². The minimum Gasteiger partial charge on any atom is -0.412 e. The lowest BCUT2D eigenvalue weighted by Crippen LogP contribution is -2.30. The molecule has 9 heavy (non-hydrogen) atoms. The molecule has 0 radical (unpaired) electrons. The monoisotopic (exact) mass is 195 g/mol. The average Bonchev–Trinajstić information content (AvgIpc) is 1.59. The molecule has 0 aliphatic heterocycles. The molecule has 0 aromatic rings. The van der Waals surface area contributed by atoms with E-state index >= 15 is 0 Å². The molecule has 6 heteroatoms. The zero-order valence-corrected chi connectivity index (χ0v) is 6.76. The van der Waals surface area contributed by atoms with E-state index in [0.29, 0.717) is 0 Å². The van der Waals surface area contributed by atoms with E-state index in [0.717, 1.165) is 0 Å². The molecular formula is C3H8Cl3NO2. The molecule has 58 valence electrons. The van der Waals surface area contributed by atoms with Crippen molar-refractivity contribution in [3.8, 4) is 0 Å². The van der Waals surface area contributed by atoms with E-state index in [9.17, 15) is 0 Å². The summed E-state index contributed by atoms with van der Waals surface area (Å²) >= 11 is 15.7. The Balaban J connectivity index is 0. The molecule has 0 bridgehead atoms. The topological polar surface area (TPSA) is 63.8 Å². The van der Waals surface area contributed by atoms with E-state index in [1.165, 1.54) is 0 Å². The lowest BCUT2D eigenvalue weighted by atomic mass is 10.7. The first-order valence-corrected chi connectivity index (χ1v) is 3.12. The van der Waals surface area contributed by atoms with E-state index in [4.69, 9.17) is 39.9 Å². The summed E-state index contributed by atoms with van der Waals surface area (Å²) in [6, 6.07) is 0. The molecule has 0 fully saturated rings. The Labute approximate surface area is 68.2 Å². The fourth-order valence-electron chi connectivity index (χ4n) is 0.198.